The van der Waals surface area contributed by atoms with Gasteiger partial charge in [0.25, 0.3) is 0 Å². The van der Waals surface area contributed by atoms with Crippen molar-refractivity contribution >= 4 is 5.97 Å². The Balaban J connectivity index is 1.91. The van der Waals surface area contributed by atoms with Gasteiger partial charge in [-0.2, -0.15) is 0 Å². The number of ether oxygens (including phenoxy) is 1. The summed E-state index contributed by atoms with van der Waals surface area (Å²) in [5.41, 5.74) is 0. The molecule has 0 aliphatic heterocycles. The maximum Gasteiger partial charge on any atom is 0.306 e. The highest BCUT2D eigenvalue weighted by Crippen LogP contribution is 2.20. The van der Waals surface area contributed by atoms with E-state index >= 15 is 0 Å². The molecule has 0 amide bonds. The molecule has 1 aliphatic rings. The van der Waals surface area contributed by atoms with Crippen LogP contribution in [0.3, 0.4) is 0 Å². The Morgan fingerprint density at radius 2 is 1.40 bits per heavy atom. The van der Waals surface area contributed by atoms with E-state index in [1.807, 2.05) is 0 Å². The third kappa shape index (κ3) is 9.39. The van der Waals surface area contributed by atoms with Crippen LogP contribution in [0.4, 0.5) is 0 Å². The topological polar surface area (TPSA) is 26.3 Å². The van der Waals surface area contributed by atoms with Crippen LogP contribution in [0.5, 0.6) is 0 Å². The van der Waals surface area contributed by atoms with Crippen molar-refractivity contribution in [2.75, 3.05) is 0 Å². The summed E-state index contributed by atoms with van der Waals surface area (Å²) >= 11 is 0. The van der Waals surface area contributed by atoms with Crippen molar-refractivity contribution in [2.45, 2.75) is 102 Å². The molecular formula is C18H33O2. The first-order valence-corrected chi connectivity index (χ1v) is 8.81. The van der Waals surface area contributed by atoms with Crippen LogP contribution in [0, 0.1) is 6.92 Å². The fourth-order valence-electron chi connectivity index (χ4n) is 2.93. The Kier molecular flexibility index (Phi) is 10.7. The summed E-state index contributed by atoms with van der Waals surface area (Å²) in [5.74, 6) is 0.0361. The van der Waals surface area contributed by atoms with Crippen molar-refractivity contribution in [3.8, 4) is 0 Å². The number of hydrogen-bond acceptors (Lipinski definition) is 2. The largest absolute Gasteiger partial charge is 0.462 e. The summed E-state index contributed by atoms with van der Waals surface area (Å²) in [7, 11) is 0. The molecule has 1 rings (SSSR count). The van der Waals surface area contributed by atoms with Crippen molar-refractivity contribution in [3.05, 3.63) is 6.92 Å². The normalized spacial score (nSPS) is 16.9. The van der Waals surface area contributed by atoms with E-state index in [0.29, 0.717) is 6.42 Å². The Morgan fingerprint density at radius 3 is 2.00 bits per heavy atom. The molecule has 0 heterocycles. The van der Waals surface area contributed by atoms with Gasteiger partial charge < -0.3 is 4.74 Å². The summed E-state index contributed by atoms with van der Waals surface area (Å²) in [6, 6.07) is 0. The second-order valence-corrected chi connectivity index (χ2v) is 6.18. The van der Waals surface area contributed by atoms with Crippen molar-refractivity contribution in [1.29, 1.82) is 0 Å². The maximum atomic E-state index is 11.8. The average Bonchev–Trinajstić information content (AvgIpc) is 2.70. The third-order valence-electron chi connectivity index (χ3n) is 4.23. The van der Waals surface area contributed by atoms with Gasteiger partial charge in [0.05, 0.1) is 0 Å². The Labute approximate surface area is 125 Å². The summed E-state index contributed by atoms with van der Waals surface area (Å²) in [6.07, 6.45) is 17.8. The first kappa shape index (κ1) is 17.5. The molecule has 0 saturated heterocycles. The highest BCUT2D eigenvalue weighted by Gasteiger charge is 2.16. The van der Waals surface area contributed by atoms with E-state index in [1.54, 1.807) is 0 Å². The number of esters is 1. The van der Waals surface area contributed by atoms with Gasteiger partial charge in [-0.3, -0.25) is 4.79 Å². The second kappa shape index (κ2) is 12.2. The van der Waals surface area contributed by atoms with Crippen LogP contribution in [0.2, 0.25) is 0 Å². The molecule has 1 saturated carbocycles. The number of hydrogen-bond donors (Lipinski definition) is 0. The van der Waals surface area contributed by atoms with Crippen molar-refractivity contribution in [3.63, 3.8) is 0 Å². The molecular weight excluding hydrogens is 248 g/mol. The summed E-state index contributed by atoms with van der Waals surface area (Å²) < 4.78 is 5.59. The molecule has 2 heteroatoms. The van der Waals surface area contributed by atoms with Gasteiger partial charge in [-0.15, -0.1) is 0 Å². The fraction of sp³-hybridized carbons (Fsp3) is 0.889. The SMILES string of the molecule is [CH2]CCCCCCCCCC(=O)OC1CCCCCC1. The molecule has 2 nitrogen and oxygen atoms in total. The Hall–Kier alpha value is -0.530. The molecule has 0 aromatic heterocycles. The van der Waals surface area contributed by atoms with E-state index in [2.05, 4.69) is 6.92 Å². The molecule has 0 aromatic carbocycles. The standard InChI is InChI=1S/C18H33O2/c1-2-3-4-5-6-7-8-13-16-18(19)20-17-14-11-9-10-12-15-17/h17H,1-16H2. The summed E-state index contributed by atoms with van der Waals surface area (Å²) in [6.45, 7) is 3.85. The van der Waals surface area contributed by atoms with E-state index < -0.39 is 0 Å². The van der Waals surface area contributed by atoms with Gasteiger partial charge in [-0.25, -0.2) is 0 Å². The zero-order chi connectivity index (χ0) is 14.5. The monoisotopic (exact) mass is 281 g/mol. The predicted molar refractivity (Wildman–Crippen MR) is 84.5 cm³/mol. The van der Waals surface area contributed by atoms with Crippen LogP contribution in [-0.4, -0.2) is 12.1 Å². The minimum absolute atomic E-state index is 0.0361. The zero-order valence-corrected chi connectivity index (χ0v) is 13.2. The number of unbranched alkanes of at least 4 members (excludes halogenated alkanes) is 7. The van der Waals surface area contributed by atoms with E-state index in [4.69, 9.17) is 4.74 Å². The second-order valence-electron chi connectivity index (χ2n) is 6.18. The van der Waals surface area contributed by atoms with Crippen LogP contribution in [0.25, 0.3) is 0 Å². The lowest BCUT2D eigenvalue weighted by molar-refractivity contribution is -0.149. The van der Waals surface area contributed by atoms with Gasteiger partial charge in [0, 0.05) is 6.42 Å². The minimum atomic E-state index is 0.0361. The van der Waals surface area contributed by atoms with Gasteiger partial charge in [-0.05, 0) is 32.1 Å². The maximum absolute atomic E-state index is 11.8. The quantitative estimate of drug-likeness (QED) is 0.296. The van der Waals surface area contributed by atoms with Crippen molar-refractivity contribution in [1.82, 2.24) is 0 Å². The lowest BCUT2D eigenvalue weighted by Crippen LogP contribution is -2.17. The van der Waals surface area contributed by atoms with E-state index in [0.717, 1.165) is 25.7 Å². The molecule has 1 aliphatic carbocycles. The lowest BCUT2D eigenvalue weighted by Gasteiger charge is -2.15. The van der Waals surface area contributed by atoms with Crippen LogP contribution in [0.15, 0.2) is 0 Å². The summed E-state index contributed by atoms with van der Waals surface area (Å²) in [4.78, 5) is 11.8. The van der Waals surface area contributed by atoms with Crippen LogP contribution in [-0.2, 0) is 9.53 Å². The first-order valence-electron chi connectivity index (χ1n) is 8.81. The molecule has 0 aromatic rings. The highest BCUT2D eigenvalue weighted by molar-refractivity contribution is 5.69. The number of carbonyl (C=O) groups excluding carboxylic acids is 1. The van der Waals surface area contributed by atoms with Gasteiger partial charge in [0.15, 0.2) is 0 Å². The Morgan fingerprint density at radius 1 is 0.850 bits per heavy atom. The molecule has 1 fully saturated rings. The van der Waals surface area contributed by atoms with Crippen molar-refractivity contribution in [2.24, 2.45) is 0 Å². The van der Waals surface area contributed by atoms with E-state index in [-0.39, 0.29) is 12.1 Å². The Bertz CT molecular complexity index is 230. The van der Waals surface area contributed by atoms with E-state index in [1.165, 1.54) is 64.2 Å². The van der Waals surface area contributed by atoms with Gasteiger partial charge in [0.2, 0.25) is 0 Å². The van der Waals surface area contributed by atoms with E-state index in [9.17, 15) is 4.79 Å². The molecule has 0 bridgehead atoms. The highest BCUT2D eigenvalue weighted by atomic mass is 16.5. The average molecular weight is 281 g/mol. The molecule has 117 valence electrons. The fourth-order valence-corrected chi connectivity index (χ4v) is 2.93. The van der Waals surface area contributed by atoms with Crippen LogP contribution >= 0.6 is 0 Å². The smallest absolute Gasteiger partial charge is 0.306 e. The molecule has 0 unspecified atom stereocenters. The first-order chi connectivity index (χ1) is 9.83. The lowest BCUT2D eigenvalue weighted by atomic mass is 10.1. The molecule has 20 heavy (non-hydrogen) atoms. The molecule has 1 radical (unpaired) electrons. The minimum Gasteiger partial charge on any atom is -0.462 e. The van der Waals surface area contributed by atoms with Gasteiger partial charge in [-0.1, -0.05) is 64.7 Å². The van der Waals surface area contributed by atoms with Crippen LogP contribution in [0.1, 0.15) is 96.3 Å². The number of carbonyl (C=O) groups is 1. The van der Waals surface area contributed by atoms with Gasteiger partial charge >= 0.3 is 5.97 Å². The molecule has 0 spiro atoms. The third-order valence-corrected chi connectivity index (χ3v) is 4.23. The van der Waals surface area contributed by atoms with Gasteiger partial charge in [0.1, 0.15) is 6.10 Å². The predicted octanol–water partition coefficient (Wildman–Crippen LogP) is 5.60. The zero-order valence-electron chi connectivity index (χ0n) is 13.2. The number of rotatable bonds is 10. The van der Waals surface area contributed by atoms with Crippen LogP contribution < -0.4 is 0 Å². The summed E-state index contributed by atoms with van der Waals surface area (Å²) in [5, 5.41) is 0. The molecule has 0 N–H and O–H groups in total. The van der Waals surface area contributed by atoms with Crippen molar-refractivity contribution < 1.29 is 9.53 Å². The molecule has 0 atom stereocenters.